The molecular weight excluding hydrogens is 442 g/mol. The van der Waals surface area contributed by atoms with Crippen LogP contribution in [0.5, 0.6) is 0 Å². The monoisotopic (exact) mass is 473 g/mol. The number of rotatable bonds is 5. The predicted octanol–water partition coefficient (Wildman–Crippen LogP) is 4.19. The molecule has 0 spiro atoms. The molecular formula is C27H31N5O3. The van der Waals surface area contributed by atoms with Gasteiger partial charge in [0.1, 0.15) is 17.9 Å². The number of aryl methyl sites for hydroxylation is 2. The van der Waals surface area contributed by atoms with Crippen molar-refractivity contribution in [2.45, 2.75) is 52.5 Å². The molecule has 2 heterocycles. The number of benzene rings is 2. The molecule has 1 aromatic heterocycles. The second-order valence-corrected chi connectivity index (χ2v) is 10.2. The van der Waals surface area contributed by atoms with Crippen LogP contribution < -0.4 is 10.6 Å². The van der Waals surface area contributed by atoms with Crippen LogP contribution in [-0.4, -0.2) is 39.1 Å². The van der Waals surface area contributed by atoms with Gasteiger partial charge in [-0.05, 0) is 49.4 Å². The smallest absolute Gasteiger partial charge is 0.319 e. The van der Waals surface area contributed by atoms with Crippen LogP contribution in [0.3, 0.4) is 0 Å². The summed E-state index contributed by atoms with van der Waals surface area (Å²) in [5, 5.41) is 10.0. The zero-order valence-corrected chi connectivity index (χ0v) is 21.0. The molecule has 1 fully saturated rings. The Morgan fingerprint density at radius 3 is 2.26 bits per heavy atom. The minimum Gasteiger partial charge on any atom is -0.319 e. The van der Waals surface area contributed by atoms with Crippen molar-refractivity contribution in [2.24, 2.45) is 0 Å². The lowest BCUT2D eigenvalue weighted by molar-refractivity contribution is -0.133. The molecule has 1 saturated heterocycles. The van der Waals surface area contributed by atoms with Crippen molar-refractivity contribution in [1.29, 1.82) is 0 Å². The summed E-state index contributed by atoms with van der Waals surface area (Å²) in [7, 11) is 0. The number of carbonyl (C=O) groups is 3. The molecule has 3 aromatic rings. The molecule has 1 aliphatic rings. The summed E-state index contributed by atoms with van der Waals surface area (Å²) in [4.78, 5) is 39.8. The average molecular weight is 474 g/mol. The number of anilines is 1. The highest BCUT2D eigenvalue weighted by Crippen LogP contribution is 2.31. The second kappa shape index (κ2) is 8.69. The normalized spacial score (nSPS) is 18.1. The number of hydrogen-bond acceptors (Lipinski definition) is 4. The fourth-order valence-corrected chi connectivity index (χ4v) is 4.14. The average Bonchev–Trinajstić information content (AvgIpc) is 3.26. The van der Waals surface area contributed by atoms with E-state index in [1.54, 1.807) is 17.7 Å². The number of hydrogen-bond donors (Lipinski definition) is 2. The molecule has 2 aromatic carbocycles. The lowest BCUT2D eigenvalue weighted by Crippen LogP contribution is -2.42. The van der Waals surface area contributed by atoms with E-state index in [2.05, 4.69) is 36.5 Å². The predicted molar refractivity (Wildman–Crippen MR) is 134 cm³/mol. The molecule has 2 N–H and O–H groups in total. The van der Waals surface area contributed by atoms with E-state index in [4.69, 9.17) is 0 Å². The van der Waals surface area contributed by atoms with E-state index < -0.39 is 29.9 Å². The van der Waals surface area contributed by atoms with Crippen molar-refractivity contribution in [3.8, 4) is 5.69 Å². The van der Waals surface area contributed by atoms with Crippen molar-refractivity contribution in [3.05, 3.63) is 77.0 Å². The van der Waals surface area contributed by atoms with Gasteiger partial charge in [0.05, 0.1) is 11.4 Å². The third-order valence-electron chi connectivity index (χ3n) is 6.28. The summed E-state index contributed by atoms with van der Waals surface area (Å²) in [6.07, 6.45) is 0. The highest BCUT2D eigenvalue weighted by atomic mass is 16.2. The Balaban J connectivity index is 1.51. The summed E-state index contributed by atoms with van der Waals surface area (Å²) >= 11 is 0. The van der Waals surface area contributed by atoms with E-state index in [0.29, 0.717) is 11.4 Å². The molecule has 4 rings (SSSR count). The van der Waals surface area contributed by atoms with Gasteiger partial charge in [-0.25, -0.2) is 9.48 Å². The lowest BCUT2D eigenvalue weighted by Gasteiger charge is -2.24. The van der Waals surface area contributed by atoms with E-state index in [0.717, 1.165) is 27.4 Å². The Labute approximate surface area is 205 Å². The fourth-order valence-electron chi connectivity index (χ4n) is 4.14. The van der Waals surface area contributed by atoms with Gasteiger partial charge in [-0.1, -0.05) is 62.7 Å². The Morgan fingerprint density at radius 1 is 1.03 bits per heavy atom. The van der Waals surface area contributed by atoms with Crippen LogP contribution in [0, 0.1) is 13.8 Å². The summed E-state index contributed by atoms with van der Waals surface area (Å²) in [6.45, 7) is 11.4. The number of imide groups is 1. The summed E-state index contributed by atoms with van der Waals surface area (Å²) in [5.41, 5.74) is 3.14. The molecule has 35 heavy (non-hydrogen) atoms. The van der Waals surface area contributed by atoms with Crippen LogP contribution in [-0.2, 0) is 20.5 Å². The van der Waals surface area contributed by atoms with Gasteiger partial charge >= 0.3 is 6.03 Å². The molecule has 0 bridgehead atoms. The number of carbonyl (C=O) groups excluding carboxylic acids is 3. The van der Waals surface area contributed by atoms with Gasteiger partial charge in [0.15, 0.2) is 0 Å². The van der Waals surface area contributed by atoms with E-state index >= 15 is 0 Å². The number of nitrogens with zero attached hydrogens (tertiary/aromatic N) is 3. The number of amides is 4. The first-order valence-corrected chi connectivity index (χ1v) is 11.6. The Hall–Kier alpha value is -3.94. The van der Waals surface area contributed by atoms with Crippen LogP contribution in [0.4, 0.5) is 10.6 Å². The van der Waals surface area contributed by atoms with Crippen LogP contribution in [0.25, 0.3) is 5.69 Å². The first-order valence-electron chi connectivity index (χ1n) is 11.6. The molecule has 0 aliphatic carbocycles. The van der Waals surface area contributed by atoms with Gasteiger partial charge in [0.2, 0.25) is 5.91 Å². The standard InChI is InChI=1S/C27H31N5O3/c1-17-7-13-21(14-8-17)32-22(15-18(2)30-32)28-23(33)16-31-24(34)27(6,29-25(31)35)20-11-9-19(10-12-20)26(3,4)5/h7-15H,16H2,1-6H3,(H,28,33)(H,29,35). The third-order valence-corrected chi connectivity index (χ3v) is 6.28. The van der Waals surface area contributed by atoms with Crippen molar-refractivity contribution in [2.75, 3.05) is 11.9 Å². The molecule has 8 heteroatoms. The number of nitrogens with one attached hydrogen (secondary N) is 2. The quantitative estimate of drug-likeness (QED) is 0.543. The van der Waals surface area contributed by atoms with Crippen LogP contribution in [0.1, 0.15) is 50.1 Å². The second-order valence-electron chi connectivity index (χ2n) is 10.2. The van der Waals surface area contributed by atoms with Gasteiger partial charge in [-0.3, -0.25) is 14.5 Å². The zero-order chi connectivity index (χ0) is 25.5. The Kier molecular flexibility index (Phi) is 6.00. The molecule has 8 nitrogen and oxygen atoms in total. The van der Waals surface area contributed by atoms with Gasteiger partial charge in [-0.2, -0.15) is 5.10 Å². The molecule has 1 aliphatic heterocycles. The molecule has 1 unspecified atom stereocenters. The molecule has 182 valence electrons. The first-order chi connectivity index (χ1) is 16.4. The molecule has 1 atom stereocenters. The van der Waals surface area contributed by atoms with Crippen LogP contribution >= 0.6 is 0 Å². The maximum Gasteiger partial charge on any atom is 0.325 e. The largest absolute Gasteiger partial charge is 0.325 e. The number of urea groups is 1. The SMILES string of the molecule is Cc1ccc(-n2nc(C)cc2NC(=O)CN2C(=O)NC(C)(c3ccc(C(C)(C)C)cc3)C2=O)cc1. The van der Waals surface area contributed by atoms with Gasteiger partial charge in [0, 0.05) is 6.07 Å². The minimum atomic E-state index is -1.24. The molecule has 4 amide bonds. The highest BCUT2D eigenvalue weighted by molar-refractivity contribution is 6.10. The zero-order valence-electron chi connectivity index (χ0n) is 21.0. The fraction of sp³-hybridized carbons (Fsp3) is 0.333. The maximum absolute atomic E-state index is 13.3. The van der Waals surface area contributed by atoms with E-state index in [9.17, 15) is 14.4 Å². The van der Waals surface area contributed by atoms with Crippen molar-refractivity contribution < 1.29 is 14.4 Å². The maximum atomic E-state index is 13.3. The van der Waals surface area contributed by atoms with E-state index in [1.807, 2.05) is 62.4 Å². The summed E-state index contributed by atoms with van der Waals surface area (Å²) < 4.78 is 1.62. The van der Waals surface area contributed by atoms with Crippen LogP contribution in [0.15, 0.2) is 54.6 Å². The topological polar surface area (TPSA) is 96.3 Å². The third kappa shape index (κ3) is 4.69. The van der Waals surface area contributed by atoms with E-state index in [1.165, 1.54) is 0 Å². The van der Waals surface area contributed by atoms with Crippen molar-refractivity contribution in [3.63, 3.8) is 0 Å². The van der Waals surface area contributed by atoms with Gasteiger partial charge < -0.3 is 10.6 Å². The lowest BCUT2D eigenvalue weighted by atomic mass is 9.84. The first kappa shape index (κ1) is 24.2. The summed E-state index contributed by atoms with van der Waals surface area (Å²) in [5.74, 6) is -0.498. The Bertz CT molecular complexity index is 1290. The van der Waals surface area contributed by atoms with Crippen molar-refractivity contribution in [1.82, 2.24) is 20.0 Å². The van der Waals surface area contributed by atoms with Crippen LogP contribution in [0.2, 0.25) is 0 Å². The molecule has 0 saturated carbocycles. The van der Waals surface area contributed by atoms with E-state index in [-0.39, 0.29) is 5.41 Å². The number of aromatic nitrogens is 2. The van der Waals surface area contributed by atoms with Gasteiger partial charge in [0.25, 0.3) is 5.91 Å². The minimum absolute atomic E-state index is 0.0318. The Morgan fingerprint density at radius 2 is 1.66 bits per heavy atom. The molecule has 0 radical (unpaired) electrons. The summed E-state index contributed by atoms with van der Waals surface area (Å²) in [6, 6.07) is 16.5. The van der Waals surface area contributed by atoms with Crippen molar-refractivity contribution >= 4 is 23.7 Å². The van der Waals surface area contributed by atoms with Gasteiger partial charge in [-0.15, -0.1) is 0 Å². The highest BCUT2D eigenvalue weighted by Gasteiger charge is 2.49.